The lowest BCUT2D eigenvalue weighted by Crippen LogP contribution is -2.44. The van der Waals surface area contributed by atoms with Crippen LogP contribution in [0.15, 0.2) is 24.4 Å². The van der Waals surface area contributed by atoms with E-state index in [4.69, 9.17) is 15.1 Å². The SMILES string of the molecule is CC1(CNC(=O)O)CCN(c2cnc3c(N4CCCc5cc(C#N)ccc54)n[nH]c3n2)CC1. The number of amides is 1. The van der Waals surface area contributed by atoms with Gasteiger partial charge in [0.15, 0.2) is 17.0 Å². The lowest BCUT2D eigenvalue weighted by atomic mass is 9.80. The molecule has 2 aromatic heterocycles. The van der Waals surface area contributed by atoms with E-state index in [9.17, 15) is 10.1 Å². The molecule has 2 aliphatic heterocycles. The second kappa shape index (κ2) is 8.24. The molecular weight excluding hydrogens is 420 g/mol. The Bertz CT molecular complexity index is 1240. The first-order chi connectivity index (χ1) is 16.0. The highest BCUT2D eigenvalue weighted by atomic mass is 16.4. The molecule has 1 amide bonds. The van der Waals surface area contributed by atoms with E-state index in [0.717, 1.165) is 73.7 Å². The Morgan fingerprint density at radius 2 is 2.15 bits per heavy atom. The van der Waals surface area contributed by atoms with Crippen LogP contribution in [0.3, 0.4) is 0 Å². The van der Waals surface area contributed by atoms with Crippen LogP contribution in [0.5, 0.6) is 0 Å². The van der Waals surface area contributed by atoms with E-state index in [2.05, 4.69) is 38.3 Å². The number of benzene rings is 1. The van der Waals surface area contributed by atoms with Gasteiger partial charge in [-0.3, -0.25) is 5.10 Å². The van der Waals surface area contributed by atoms with Crippen molar-refractivity contribution in [1.82, 2.24) is 25.5 Å². The van der Waals surface area contributed by atoms with Crippen LogP contribution in [-0.4, -0.2) is 57.5 Å². The number of aryl methyl sites for hydroxylation is 1. The van der Waals surface area contributed by atoms with Crippen molar-refractivity contribution in [2.75, 3.05) is 36.0 Å². The lowest BCUT2D eigenvalue weighted by Gasteiger charge is -2.39. The average molecular weight is 447 g/mol. The molecule has 1 aromatic carbocycles. The minimum Gasteiger partial charge on any atom is -0.465 e. The van der Waals surface area contributed by atoms with Crippen molar-refractivity contribution in [2.45, 2.75) is 32.6 Å². The third kappa shape index (κ3) is 4.02. The number of H-pyrrole nitrogens is 1. The number of hydrogen-bond donors (Lipinski definition) is 3. The fraction of sp³-hybridized carbons (Fsp3) is 0.435. The number of carbonyl (C=O) groups is 1. The van der Waals surface area contributed by atoms with Crippen molar-refractivity contribution in [3.05, 3.63) is 35.5 Å². The Balaban J connectivity index is 1.36. The molecule has 33 heavy (non-hydrogen) atoms. The lowest BCUT2D eigenvalue weighted by molar-refractivity contribution is 0.178. The number of nitrogens with one attached hydrogen (secondary N) is 2. The summed E-state index contributed by atoms with van der Waals surface area (Å²) in [5, 5.41) is 28.2. The molecule has 3 aromatic rings. The Kier molecular flexibility index (Phi) is 5.24. The van der Waals surface area contributed by atoms with Gasteiger partial charge in [0.05, 0.1) is 17.8 Å². The number of nitriles is 1. The number of hydrogen-bond acceptors (Lipinski definition) is 7. The number of rotatable bonds is 4. The van der Waals surface area contributed by atoms with Crippen LogP contribution in [0.4, 0.5) is 22.1 Å². The molecule has 10 nitrogen and oxygen atoms in total. The van der Waals surface area contributed by atoms with Crippen LogP contribution in [-0.2, 0) is 6.42 Å². The molecule has 0 bridgehead atoms. The second-order valence-electron chi connectivity index (χ2n) is 9.14. The Hall–Kier alpha value is -3.87. The molecule has 10 heteroatoms. The third-order valence-corrected chi connectivity index (χ3v) is 6.78. The molecule has 5 rings (SSSR count). The zero-order valence-electron chi connectivity index (χ0n) is 18.5. The minimum absolute atomic E-state index is 0.0549. The van der Waals surface area contributed by atoms with Gasteiger partial charge in [-0.2, -0.15) is 10.4 Å². The summed E-state index contributed by atoms with van der Waals surface area (Å²) in [6.07, 6.45) is 4.48. The van der Waals surface area contributed by atoms with Gasteiger partial charge in [0.25, 0.3) is 0 Å². The van der Waals surface area contributed by atoms with E-state index in [1.165, 1.54) is 0 Å². The van der Waals surface area contributed by atoms with Gasteiger partial charge in [-0.25, -0.2) is 14.8 Å². The van der Waals surface area contributed by atoms with E-state index < -0.39 is 6.09 Å². The Labute approximate surface area is 191 Å². The summed E-state index contributed by atoms with van der Waals surface area (Å²) in [6.45, 7) is 4.99. The fourth-order valence-electron chi connectivity index (χ4n) is 4.75. The highest BCUT2D eigenvalue weighted by Gasteiger charge is 2.31. The van der Waals surface area contributed by atoms with E-state index >= 15 is 0 Å². The first kappa shape index (κ1) is 21.0. The molecule has 1 saturated heterocycles. The molecule has 0 radical (unpaired) electrons. The minimum atomic E-state index is -0.980. The Morgan fingerprint density at radius 3 is 2.91 bits per heavy atom. The molecule has 3 N–H and O–H groups in total. The molecule has 0 spiro atoms. The summed E-state index contributed by atoms with van der Waals surface area (Å²) in [6, 6.07) is 7.99. The summed E-state index contributed by atoms with van der Waals surface area (Å²) in [7, 11) is 0. The number of nitrogens with zero attached hydrogens (tertiary/aromatic N) is 6. The van der Waals surface area contributed by atoms with Crippen LogP contribution in [0.25, 0.3) is 11.2 Å². The third-order valence-electron chi connectivity index (χ3n) is 6.78. The van der Waals surface area contributed by atoms with Gasteiger partial charge in [-0.05, 0) is 54.9 Å². The van der Waals surface area contributed by atoms with Gasteiger partial charge in [0, 0.05) is 31.9 Å². The van der Waals surface area contributed by atoms with Crippen LogP contribution < -0.4 is 15.1 Å². The summed E-state index contributed by atoms with van der Waals surface area (Å²) in [5.74, 6) is 1.55. The monoisotopic (exact) mass is 446 g/mol. The predicted octanol–water partition coefficient (Wildman–Crippen LogP) is 3.18. The maximum atomic E-state index is 10.8. The fourth-order valence-corrected chi connectivity index (χ4v) is 4.75. The summed E-state index contributed by atoms with van der Waals surface area (Å²) < 4.78 is 0. The van der Waals surface area contributed by atoms with Crippen LogP contribution >= 0.6 is 0 Å². The molecular formula is C23H26N8O2. The van der Waals surface area contributed by atoms with Gasteiger partial charge >= 0.3 is 6.09 Å². The maximum Gasteiger partial charge on any atom is 0.404 e. The molecule has 0 aliphatic carbocycles. The van der Waals surface area contributed by atoms with Crippen LogP contribution in [0, 0.1) is 16.7 Å². The maximum absolute atomic E-state index is 10.8. The van der Waals surface area contributed by atoms with Gasteiger partial charge in [-0.1, -0.05) is 6.92 Å². The molecule has 1 fully saturated rings. The quantitative estimate of drug-likeness (QED) is 0.556. The van der Waals surface area contributed by atoms with Crippen molar-refractivity contribution in [1.29, 1.82) is 5.26 Å². The van der Waals surface area contributed by atoms with Gasteiger partial charge in [0.1, 0.15) is 5.82 Å². The standard InChI is InChI=1S/C23H26N8O2/c1-23(14-26-22(32)33)6-9-30(10-7-23)18-13-25-19-20(27-18)28-29-21(19)31-8-2-3-16-11-15(12-24)4-5-17(16)31/h4-5,11,13,26H,2-3,6-10,14H2,1H3,(H,32,33)(H,27,28,29). The van der Waals surface area contributed by atoms with Crippen LogP contribution in [0.1, 0.15) is 37.3 Å². The number of anilines is 3. The number of aromatic amines is 1. The number of carboxylic acid groups (broad SMARTS) is 1. The van der Waals surface area contributed by atoms with Crippen molar-refractivity contribution in [2.24, 2.45) is 5.41 Å². The van der Waals surface area contributed by atoms with E-state index in [1.807, 2.05) is 18.2 Å². The smallest absolute Gasteiger partial charge is 0.404 e. The Morgan fingerprint density at radius 1 is 1.33 bits per heavy atom. The molecule has 0 atom stereocenters. The number of piperidine rings is 1. The van der Waals surface area contributed by atoms with Crippen molar-refractivity contribution in [3.8, 4) is 6.07 Å². The highest BCUT2D eigenvalue weighted by Crippen LogP contribution is 2.36. The van der Waals surface area contributed by atoms with E-state index in [1.54, 1.807) is 6.20 Å². The zero-order chi connectivity index (χ0) is 23.0. The van der Waals surface area contributed by atoms with E-state index in [-0.39, 0.29) is 5.41 Å². The largest absolute Gasteiger partial charge is 0.465 e. The number of fused-ring (bicyclic) bond motifs is 2. The van der Waals surface area contributed by atoms with Gasteiger partial charge < -0.3 is 20.2 Å². The molecule has 0 unspecified atom stereocenters. The molecule has 0 saturated carbocycles. The normalized spacial score (nSPS) is 17.5. The molecule has 170 valence electrons. The van der Waals surface area contributed by atoms with Crippen molar-refractivity contribution in [3.63, 3.8) is 0 Å². The van der Waals surface area contributed by atoms with Crippen molar-refractivity contribution < 1.29 is 9.90 Å². The van der Waals surface area contributed by atoms with Gasteiger partial charge in [-0.15, -0.1) is 0 Å². The molecule has 4 heterocycles. The topological polar surface area (TPSA) is 134 Å². The van der Waals surface area contributed by atoms with Crippen LogP contribution in [0.2, 0.25) is 0 Å². The summed E-state index contributed by atoms with van der Waals surface area (Å²) in [4.78, 5) is 24.7. The average Bonchev–Trinajstić information content (AvgIpc) is 3.25. The first-order valence-corrected chi connectivity index (χ1v) is 11.2. The predicted molar refractivity (Wildman–Crippen MR) is 124 cm³/mol. The van der Waals surface area contributed by atoms with Crippen molar-refractivity contribution >= 4 is 34.6 Å². The first-order valence-electron chi connectivity index (χ1n) is 11.2. The van der Waals surface area contributed by atoms with E-state index in [0.29, 0.717) is 17.8 Å². The molecule has 2 aliphatic rings. The second-order valence-corrected chi connectivity index (χ2v) is 9.14. The summed E-state index contributed by atoms with van der Waals surface area (Å²) in [5.41, 5.74) is 4.19. The number of aromatic nitrogens is 4. The summed E-state index contributed by atoms with van der Waals surface area (Å²) >= 11 is 0. The zero-order valence-corrected chi connectivity index (χ0v) is 18.5. The van der Waals surface area contributed by atoms with Gasteiger partial charge in [0.2, 0.25) is 0 Å². The highest BCUT2D eigenvalue weighted by molar-refractivity contribution is 5.87.